The second-order valence-electron chi connectivity index (χ2n) is 5.35. The molecule has 5 heteroatoms. The summed E-state index contributed by atoms with van der Waals surface area (Å²) in [5.74, 6) is 0.135. The number of nitrogens with zero attached hydrogens (tertiary/aromatic N) is 1. The number of hydrogen-bond donors (Lipinski definition) is 2. The average Bonchev–Trinajstić information content (AvgIpc) is 2.60. The average molecular weight is 264 g/mol. The molecular formula is C12H26ClN3O. The van der Waals surface area contributed by atoms with Crippen LogP contribution in [0.15, 0.2) is 0 Å². The van der Waals surface area contributed by atoms with Gasteiger partial charge in [0.15, 0.2) is 0 Å². The zero-order valence-electron chi connectivity index (χ0n) is 11.2. The van der Waals surface area contributed by atoms with Gasteiger partial charge in [-0.3, -0.25) is 9.69 Å². The number of likely N-dealkylation sites (tertiary alicyclic amines) is 1. The number of hydrogen-bond acceptors (Lipinski definition) is 3. The highest BCUT2D eigenvalue weighted by Gasteiger charge is 2.33. The van der Waals surface area contributed by atoms with Gasteiger partial charge >= 0.3 is 0 Å². The van der Waals surface area contributed by atoms with Crippen LogP contribution in [-0.4, -0.2) is 43.0 Å². The van der Waals surface area contributed by atoms with Gasteiger partial charge in [-0.15, -0.1) is 12.4 Å². The van der Waals surface area contributed by atoms with E-state index >= 15 is 0 Å². The first-order valence-electron chi connectivity index (χ1n) is 6.21. The predicted octanol–water partition coefficient (Wildman–Crippen LogP) is 0.994. The van der Waals surface area contributed by atoms with Gasteiger partial charge in [0.05, 0.1) is 6.54 Å². The molecular weight excluding hydrogens is 238 g/mol. The Kier molecular flexibility index (Phi) is 7.05. The molecule has 1 saturated heterocycles. The van der Waals surface area contributed by atoms with Gasteiger partial charge in [-0.25, -0.2) is 0 Å². The number of halogens is 1. The second-order valence-corrected chi connectivity index (χ2v) is 5.35. The molecule has 102 valence electrons. The van der Waals surface area contributed by atoms with Gasteiger partial charge < -0.3 is 11.1 Å². The molecule has 0 aromatic carbocycles. The number of rotatable bonds is 5. The van der Waals surface area contributed by atoms with E-state index in [1.54, 1.807) is 0 Å². The van der Waals surface area contributed by atoms with E-state index < -0.39 is 0 Å². The quantitative estimate of drug-likeness (QED) is 0.778. The Hall–Kier alpha value is -0.320. The number of carbonyl (C=O) groups is 1. The zero-order chi connectivity index (χ0) is 12.2. The molecule has 0 aliphatic carbocycles. The Labute approximate surface area is 111 Å². The number of nitrogens with two attached hydrogens (primary N) is 1. The maximum Gasteiger partial charge on any atom is 0.234 e. The van der Waals surface area contributed by atoms with E-state index in [-0.39, 0.29) is 29.8 Å². The molecule has 2 unspecified atom stereocenters. The van der Waals surface area contributed by atoms with Crippen LogP contribution in [0.5, 0.6) is 0 Å². The minimum Gasteiger partial charge on any atom is -0.353 e. The summed E-state index contributed by atoms with van der Waals surface area (Å²) in [5, 5.41) is 2.99. The van der Waals surface area contributed by atoms with Crippen molar-refractivity contribution in [1.29, 1.82) is 0 Å². The van der Waals surface area contributed by atoms with Crippen molar-refractivity contribution in [3.8, 4) is 0 Å². The maximum absolute atomic E-state index is 11.7. The van der Waals surface area contributed by atoms with Crippen molar-refractivity contribution in [3.63, 3.8) is 0 Å². The van der Waals surface area contributed by atoms with Gasteiger partial charge in [0, 0.05) is 12.6 Å². The Morgan fingerprint density at radius 3 is 2.71 bits per heavy atom. The summed E-state index contributed by atoms with van der Waals surface area (Å²) in [6.07, 6.45) is 2.08. The first-order chi connectivity index (χ1) is 7.49. The topological polar surface area (TPSA) is 58.4 Å². The van der Waals surface area contributed by atoms with Gasteiger partial charge in [0.2, 0.25) is 5.91 Å². The summed E-state index contributed by atoms with van der Waals surface area (Å²) >= 11 is 0. The summed E-state index contributed by atoms with van der Waals surface area (Å²) in [7, 11) is 0. The first kappa shape index (κ1) is 16.7. The second kappa shape index (κ2) is 7.19. The van der Waals surface area contributed by atoms with Gasteiger partial charge in [0.25, 0.3) is 0 Å². The SMILES string of the molecule is CCC(C)NC(=O)CN1CCC(C)(CN)C1.Cl. The molecule has 3 N–H and O–H groups in total. The van der Waals surface area contributed by atoms with Crippen LogP contribution in [-0.2, 0) is 4.79 Å². The first-order valence-corrected chi connectivity index (χ1v) is 6.21. The van der Waals surface area contributed by atoms with Crippen LogP contribution in [0.2, 0.25) is 0 Å². The Bertz CT molecular complexity index is 250. The molecule has 0 radical (unpaired) electrons. The molecule has 17 heavy (non-hydrogen) atoms. The molecule has 1 heterocycles. The normalized spacial score (nSPS) is 26.4. The highest BCUT2D eigenvalue weighted by atomic mass is 35.5. The van der Waals surface area contributed by atoms with Crippen LogP contribution in [0, 0.1) is 5.41 Å². The molecule has 1 rings (SSSR count). The fourth-order valence-electron chi connectivity index (χ4n) is 2.05. The fraction of sp³-hybridized carbons (Fsp3) is 0.917. The Balaban J connectivity index is 0.00000256. The molecule has 1 aliphatic heterocycles. The van der Waals surface area contributed by atoms with Crippen LogP contribution >= 0.6 is 12.4 Å². The molecule has 0 aromatic heterocycles. The Morgan fingerprint density at radius 1 is 1.59 bits per heavy atom. The lowest BCUT2D eigenvalue weighted by Crippen LogP contribution is -2.41. The fourth-order valence-corrected chi connectivity index (χ4v) is 2.05. The molecule has 0 aromatic rings. The molecule has 0 spiro atoms. The minimum absolute atomic E-state index is 0. The van der Waals surface area contributed by atoms with Crippen molar-refractivity contribution in [2.24, 2.45) is 11.1 Å². The minimum atomic E-state index is 0. The molecule has 1 amide bonds. The summed E-state index contributed by atoms with van der Waals surface area (Å²) in [4.78, 5) is 13.9. The largest absolute Gasteiger partial charge is 0.353 e. The molecule has 1 fully saturated rings. The smallest absolute Gasteiger partial charge is 0.234 e. The van der Waals surface area contributed by atoms with E-state index in [1.165, 1.54) is 0 Å². The summed E-state index contributed by atoms with van der Waals surface area (Å²) in [5.41, 5.74) is 5.94. The summed E-state index contributed by atoms with van der Waals surface area (Å²) < 4.78 is 0. The van der Waals surface area contributed by atoms with Gasteiger partial charge in [-0.1, -0.05) is 13.8 Å². The summed E-state index contributed by atoms with van der Waals surface area (Å²) in [6, 6.07) is 0.274. The maximum atomic E-state index is 11.7. The van der Waals surface area contributed by atoms with Crippen LogP contribution in [0.3, 0.4) is 0 Å². The summed E-state index contributed by atoms with van der Waals surface area (Å²) in [6.45, 7) is 9.45. The molecule has 4 nitrogen and oxygen atoms in total. The van der Waals surface area contributed by atoms with Crippen molar-refractivity contribution < 1.29 is 4.79 Å². The lowest BCUT2D eigenvalue weighted by molar-refractivity contribution is -0.122. The number of nitrogens with one attached hydrogen (secondary N) is 1. The van der Waals surface area contributed by atoms with Crippen LogP contribution < -0.4 is 11.1 Å². The molecule has 0 saturated carbocycles. The lowest BCUT2D eigenvalue weighted by Gasteiger charge is -2.22. The van der Waals surface area contributed by atoms with E-state index in [0.717, 1.165) is 25.9 Å². The zero-order valence-corrected chi connectivity index (χ0v) is 12.0. The van der Waals surface area contributed by atoms with E-state index in [0.29, 0.717) is 13.1 Å². The van der Waals surface area contributed by atoms with E-state index in [1.807, 2.05) is 6.92 Å². The third-order valence-corrected chi connectivity index (χ3v) is 3.52. The molecule has 0 bridgehead atoms. The van der Waals surface area contributed by atoms with Gasteiger partial charge in [-0.2, -0.15) is 0 Å². The third kappa shape index (κ3) is 5.23. The van der Waals surface area contributed by atoms with Crippen molar-refractivity contribution in [2.75, 3.05) is 26.2 Å². The molecule has 1 aliphatic rings. The Morgan fingerprint density at radius 2 is 2.24 bits per heavy atom. The monoisotopic (exact) mass is 263 g/mol. The van der Waals surface area contributed by atoms with Crippen molar-refractivity contribution in [1.82, 2.24) is 10.2 Å². The predicted molar refractivity (Wildman–Crippen MR) is 73.4 cm³/mol. The van der Waals surface area contributed by atoms with Crippen LogP contribution in [0.25, 0.3) is 0 Å². The van der Waals surface area contributed by atoms with Gasteiger partial charge in [0.1, 0.15) is 0 Å². The van der Waals surface area contributed by atoms with E-state index in [4.69, 9.17) is 5.73 Å². The highest BCUT2D eigenvalue weighted by molar-refractivity contribution is 5.85. The van der Waals surface area contributed by atoms with Crippen molar-refractivity contribution >= 4 is 18.3 Å². The standard InChI is InChI=1S/C12H25N3O.ClH/c1-4-10(2)14-11(16)7-15-6-5-12(3,8-13)9-15;/h10H,4-9,13H2,1-3H3,(H,14,16);1H. The lowest BCUT2D eigenvalue weighted by atomic mass is 9.90. The highest BCUT2D eigenvalue weighted by Crippen LogP contribution is 2.27. The third-order valence-electron chi connectivity index (χ3n) is 3.52. The number of amides is 1. The van der Waals surface area contributed by atoms with Gasteiger partial charge in [-0.05, 0) is 38.3 Å². The van der Waals surface area contributed by atoms with Crippen molar-refractivity contribution in [3.05, 3.63) is 0 Å². The van der Waals surface area contributed by atoms with Crippen molar-refractivity contribution in [2.45, 2.75) is 39.7 Å². The van der Waals surface area contributed by atoms with E-state index in [2.05, 4.69) is 24.1 Å². The van der Waals surface area contributed by atoms with Crippen LogP contribution in [0.4, 0.5) is 0 Å². The van der Waals surface area contributed by atoms with E-state index in [9.17, 15) is 4.79 Å². The van der Waals surface area contributed by atoms with Crippen LogP contribution in [0.1, 0.15) is 33.6 Å². The molecule has 2 atom stereocenters. The number of carbonyl (C=O) groups excluding carboxylic acids is 1.